The van der Waals surface area contributed by atoms with Crippen LogP contribution >= 0.6 is 11.3 Å². The fourth-order valence-electron chi connectivity index (χ4n) is 3.80. The first-order valence-corrected chi connectivity index (χ1v) is 10.6. The third-order valence-electron chi connectivity index (χ3n) is 5.23. The van der Waals surface area contributed by atoms with Crippen molar-refractivity contribution in [1.82, 2.24) is 10.2 Å². The number of carboxylic acids is 1. The van der Waals surface area contributed by atoms with E-state index in [1.807, 2.05) is 12.1 Å². The number of carbonyl (C=O) groups is 2. The van der Waals surface area contributed by atoms with Crippen molar-refractivity contribution in [1.29, 1.82) is 0 Å². The van der Waals surface area contributed by atoms with Crippen molar-refractivity contribution in [3.8, 4) is 0 Å². The second-order valence-electron chi connectivity index (χ2n) is 7.34. The summed E-state index contributed by atoms with van der Waals surface area (Å²) in [4.78, 5) is 25.3. The van der Waals surface area contributed by atoms with Crippen molar-refractivity contribution in [2.45, 2.75) is 31.8 Å². The van der Waals surface area contributed by atoms with Crippen LogP contribution in [0, 0.1) is 11.8 Å². The molecule has 4 heterocycles. The van der Waals surface area contributed by atoms with E-state index in [0.29, 0.717) is 12.5 Å². The number of halogens is 3. The Morgan fingerprint density at radius 2 is 2.03 bits per heavy atom. The summed E-state index contributed by atoms with van der Waals surface area (Å²) in [6.45, 7) is 3.83. The zero-order valence-electron chi connectivity index (χ0n) is 16.5. The molecule has 2 fully saturated rings. The highest BCUT2D eigenvalue weighted by atomic mass is 32.1. The molecule has 11 heteroatoms. The Kier molecular flexibility index (Phi) is 7.74. The van der Waals surface area contributed by atoms with Gasteiger partial charge in [-0.3, -0.25) is 9.69 Å². The second kappa shape index (κ2) is 10.3. The Balaban J connectivity index is 0.000000339. The SMILES string of the molecule is O=C(NCc1ccco1)[C@@H]1CN(Cc2cccs2)C[C@H]2OCC[C@H]21.O=C(O)C(F)(F)F. The van der Waals surface area contributed by atoms with Gasteiger partial charge in [-0.25, -0.2) is 4.79 Å². The average Bonchev–Trinajstić information content (AvgIpc) is 3.47. The number of fused-ring (bicyclic) bond motifs is 1. The third kappa shape index (κ3) is 6.55. The quantitative estimate of drug-likeness (QED) is 0.713. The van der Waals surface area contributed by atoms with E-state index in [1.54, 1.807) is 17.6 Å². The van der Waals surface area contributed by atoms with E-state index in [2.05, 4.69) is 27.7 Å². The number of amides is 1. The van der Waals surface area contributed by atoms with E-state index in [-0.39, 0.29) is 17.9 Å². The molecule has 1 amide bonds. The topological polar surface area (TPSA) is 92.0 Å². The molecule has 2 saturated heterocycles. The van der Waals surface area contributed by atoms with E-state index in [4.69, 9.17) is 19.1 Å². The number of hydrogen-bond donors (Lipinski definition) is 2. The number of rotatable bonds is 5. The summed E-state index contributed by atoms with van der Waals surface area (Å²) >= 11 is 1.76. The number of likely N-dealkylation sites (tertiary alicyclic amines) is 1. The zero-order valence-corrected chi connectivity index (χ0v) is 17.3. The van der Waals surface area contributed by atoms with Crippen molar-refractivity contribution in [2.24, 2.45) is 11.8 Å². The molecular formula is C20H23F3N2O5S. The summed E-state index contributed by atoms with van der Waals surface area (Å²) in [5, 5.41) is 12.3. The van der Waals surface area contributed by atoms with Crippen molar-refractivity contribution < 1.29 is 37.0 Å². The Morgan fingerprint density at radius 1 is 1.26 bits per heavy atom. The summed E-state index contributed by atoms with van der Waals surface area (Å²) < 4.78 is 42.9. The highest BCUT2D eigenvalue weighted by molar-refractivity contribution is 7.09. The molecule has 7 nitrogen and oxygen atoms in total. The predicted molar refractivity (Wildman–Crippen MR) is 105 cm³/mol. The van der Waals surface area contributed by atoms with E-state index in [9.17, 15) is 18.0 Å². The lowest BCUT2D eigenvalue weighted by molar-refractivity contribution is -0.192. The number of hydrogen-bond acceptors (Lipinski definition) is 6. The number of carbonyl (C=O) groups excluding carboxylic acids is 1. The zero-order chi connectivity index (χ0) is 22.4. The van der Waals surface area contributed by atoms with Gasteiger partial charge < -0.3 is 19.6 Å². The van der Waals surface area contributed by atoms with E-state index < -0.39 is 12.1 Å². The van der Waals surface area contributed by atoms with Crippen LogP contribution in [0.25, 0.3) is 0 Å². The smallest absolute Gasteiger partial charge is 0.475 e. The molecule has 0 bridgehead atoms. The van der Waals surface area contributed by atoms with Crippen LogP contribution < -0.4 is 5.32 Å². The van der Waals surface area contributed by atoms with Crippen molar-refractivity contribution in [3.05, 3.63) is 46.5 Å². The molecule has 0 unspecified atom stereocenters. The number of alkyl halides is 3. The molecule has 2 aliphatic heterocycles. The number of carboxylic acid groups (broad SMARTS) is 1. The van der Waals surface area contributed by atoms with Gasteiger partial charge in [-0.05, 0) is 30.0 Å². The average molecular weight is 460 g/mol. The van der Waals surface area contributed by atoms with Gasteiger partial charge in [0.2, 0.25) is 5.91 Å². The van der Waals surface area contributed by atoms with Gasteiger partial charge in [0.1, 0.15) is 5.76 Å². The highest BCUT2D eigenvalue weighted by Gasteiger charge is 2.43. The van der Waals surface area contributed by atoms with Gasteiger partial charge in [0.05, 0.1) is 24.8 Å². The fraction of sp³-hybridized carbons (Fsp3) is 0.500. The minimum absolute atomic E-state index is 0.0128. The Labute approximate surface area is 180 Å². The minimum atomic E-state index is -5.08. The maximum absolute atomic E-state index is 12.8. The number of furan rings is 1. The molecule has 0 radical (unpaired) electrons. The summed E-state index contributed by atoms with van der Waals surface area (Å²) in [5.74, 6) is -1.54. The highest BCUT2D eigenvalue weighted by Crippen LogP contribution is 2.34. The van der Waals surface area contributed by atoms with E-state index in [0.717, 1.165) is 38.4 Å². The maximum Gasteiger partial charge on any atom is 0.490 e. The van der Waals surface area contributed by atoms with Gasteiger partial charge in [-0.2, -0.15) is 13.2 Å². The van der Waals surface area contributed by atoms with Gasteiger partial charge in [0.25, 0.3) is 0 Å². The number of aliphatic carboxylic acids is 1. The van der Waals surface area contributed by atoms with Crippen LogP contribution in [0.3, 0.4) is 0 Å². The van der Waals surface area contributed by atoms with Gasteiger partial charge in [-0.1, -0.05) is 6.07 Å². The number of ether oxygens (including phenoxy) is 1. The van der Waals surface area contributed by atoms with Crippen molar-refractivity contribution in [3.63, 3.8) is 0 Å². The molecule has 2 aliphatic rings. The first-order valence-electron chi connectivity index (χ1n) is 9.70. The number of piperidine rings is 1. The Hall–Kier alpha value is -2.37. The van der Waals surface area contributed by atoms with Crippen LogP contribution in [-0.4, -0.2) is 53.9 Å². The third-order valence-corrected chi connectivity index (χ3v) is 6.09. The van der Waals surface area contributed by atoms with Gasteiger partial charge >= 0.3 is 12.1 Å². The molecule has 31 heavy (non-hydrogen) atoms. The molecule has 2 N–H and O–H groups in total. The molecule has 2 aromatic heterocycles. The van der Waals surface area contributed by atoms with Crippen LogP contribution in [-0.2, 0) is 27.4 Å². The predicted octanol–water partition coefficient (Wildman–Crippen LogP) is 3.13. The summed E-state index contributed by atoms with van der Waals surface area (Å²) in [5.41, 5.74) is 0. The summed E-state index contributed by atoms with van der Waals surface area (Å²) in [6, 6.07) is 7.95. The summed E-state index contributed by atoms with van der Waals surface area (Å²) in [6.07, 6.45) is -2.29. The number of nitrogens with one attached hydrogen (secondary N) is 1. The van der Waals surface area contributed by atoms with E-state index in [1.165, 1.54) is 4.88 Å². The van der Waals surface area contributed by atoms with Gasteiger partial charge in [-0.15, -0.1) is 11.3 Å². The van der Waals surface area contributed by atoms with Crippen LogP contribution in [0.4, 0.5) is 13.2 Å². The second-order valence-corrected chi connectivity index (χ2v) is 8.37. The van der Waals surface area contributed by atoms with Crippen molar-refractivity contribution in [2.75, 3.05) is 19.7 Å². The van der Waals surface area contributed by atoms with Crippen molar-refractivity contribution >= 4 is 23.2 Å². The fourth-order valence-corrected chi connectivity index (χ4v) is 4.55. The molecule has 0 spiro atoms. The van der Waals surface area contributed by atoms with E-state index >= 15 is 0 Å². The van der Waals surface area contributed by atoms with Crippen LogP contribution in [0.1, 0.15) is 17.1 Å². The Morgan fingerprint density at radius 3 is 2.65 bits per heavy atom. The number of nitrogens with zero attached hydrogens (tertiary/aromatic N) is 1. The normalized spacial score (nSPS) is 23.5. The first-order chi connectivity index (χ1) is 14.7. The molecule has 0 saturated carbocycles. The molecular weight excluding hydrogens is 437 g/mol. The minimum Gasteiger partial charge on any atom is -0.475 e. The van der Waals surface area contributed by atoms with Gasteiger partial charge in [0, 0.05) is 37.0 Å². The lowest BCUT2D eigenvalue weighted by Crippen LogP contribution is -2.52. The maximum atomic E-state index is 12.8. The van der Waals surface area contributed by atoms with Crippen LogP contribution in [0.2, 0.25) is 0 Å². The van der Waals surface area contributed by atoms with Crippen LogP contribution in [0.15, 0.2) is 40.3 Å². The van der Waals surface area contributed by atoms with Gasteiger partial charge in [0.15, 0.2) is 0 Å². The standard InChI is InChI=1S/C18H22N2O3S.C2HF3O2/c21-18(19-9-13-3-1-6-22-13)16-11-20(10-14-4-2-8-24-14)12-17-15(16)5-7-23-17;3-2(4,5)1(6)7/h1-4,6,8,15-17H,5,7,9-12H2,(H,19,21);(H,6,7)/t15-,16+,17+;/m0./s1. The monoisotopic (exact) mass is 460 g/mol. The molecule has 0 aliphatic carbocycles. The largest absolute Gasteiger partial charge is 0.490 e. The summed E-state index contributed by atoms with van der Waals surface area (Å²) in [7, 11) is 0. The molecule has 4 rings (SSSR count). The lowest BCUT2D eigenvalue weighted by atomic mass is 9.82. The first kappa shape index (κ1) is 23.3. The molecule has 170 valence electrons. The molecule has 0 aromatic carbocycles. The molecule has 3 atom stereocenters. The number of thiophene rings is 1. The lowest BCUT2D eigenvalue weighted by Gasteiger charge is -2.39. The Bertz CT molecular complexity index is 842. The van der Waals surface area contributed by atoms with Crippen LogP contribution in [0.5, 0.6) is 0 Å². The molecule has 2 aromatic rings.